The fourth-order valence-electron chi connectivity index (χ4n) is 2.31. The van der Waals surface area contributed by atoms with E-state index < -0.39 is 0 Å². The van der Waals surface area contributed by atoms with Gasteiger partial charge in [0.05, 0.1) is 7.11 Å². The summed E-state index contributed by atoms with van der Waals surface area (Å²) in [6.45, 7) is 0.533. The minimum absolute atomic E-state index is 0.533. The first kappa shape index (κ1) is 15.0. The number of methoxy groups -OCH3 is 1. The molecule has 0 saturated heterocycles. The fraction of sp³-hybridized carbons (Fsp3) is 0.100. The first-order chi connectivity index (χ1) is 11.2. The van der Waals surface area contributed by atoms with Gasteiger partial charge in [-0.1, -0.05) is 36.4 Å². The van der Waals surface area contributed by atoms with Crippen molar-refractivity contribution in [2.45, 2.75) is 6.61 Å². The quantitative estimate of drug-likeness (QED) is 0.705. The van der Waals surface area contributed by atoms with Crippen molar-refractivity contribution in [3.63, 3.8) is 0 Å². The van der Waals surface area contributed by atoms with Crippen LogP contribution in [-0.4, -0.2) is 7.11 Å². The van der Waals surface area contributed by atoms with Crippen molar-refractivity contribution in [3.05, 3.63) is 78.4 Å². The Morgan fingerprint density at radius 1 is 0.696 bits per heavy atom. The van der Waals surface area contributed by atoms with Crippen molar-refractivity contribution in [2.75, 3.05) is 12.8 Å². The lowest BCUT2D eigenvalue weighted by atomic mass is 10.1. The number of nitrogen functional groups attached to an aromatic ring is 1. The van der Waals surface area contributed by atoms with Crippen LogP contribution in [0.25, 0.3) is 11.1 Å². The molecule has 0 amide bonds. The van der Waals surface area contributed by atoms with E-state index in [0.29, 0.717) is 6.61 Å². The zero-order valence-electron chi connectivity index (χ0n) is 13.0. The molecule has 0 aliphatic heterocycles. The van der Waals surface area contributed by atoms with Crippen LogP contribution in [0.2, 0.25) is 0 Å². The number of ether oxygens (including phenoxy) is 2. The van der Waals surface area contributed by atoms with E-state index in [9.17, 15) is 0 Å². The summed E-state index contributed by atoms with van der Waals surface area (Å²) in [6, 6.07) is 23.8. The van der Waals surface area contributed by atoms with Crippen molar-refractivity contribution in [2.24, 2.45) is 0 Å². The van der Waals surface area contributed by atoms with Crippen LogP contribution >= 0.6 is 0 Å². The third kappa shape index (κ3) is 3.83. The molecule has 3 heteroatoms. The van der Waals surface area contributed by atoms with E-state index in [1.165, 1.54) is 0 Å². The van der Waals surface area contributed by atoms with Crippen LogP contribution in [0.3, 0.4) is 0 Å². The van der Waals surface area contributed by atoms with E-state index in [0.717, 1.165) is 33.9 Å². The van der Waals surface area contributed by atoms with Gasteiger partial charge in [0.1, 0.15) is 18.1 Å². The van der Waals surface area contributed by atoms with Crippen molar-refractivity contribution in [3.8, 4) is 22.6 Å². The zero-order valence-corrected chi connectivity index (χ0v) is 13.0. The molecule has 0 spiro atoms. The Kier molecular flexibility index (Phi) is 4.48. The third-order valence-electron chi connectivity index (χ3n) is 3.66. The molecule has 2 N–H and O–H groups in total. The average Bonchev–Trinajstić information content (AvgIpc) is 2.61. The van der Waals surface area contributed by atoms with Crippen LogP contribution < -0.4 is 15.2 Å². The molecule has 0 bridgehead atoms. The summed E-state index contributed by atoms with van der Waals surface area (Å²) >= 11 is 0. The number of nitrogens with two attached hydrogens (primary N) is 1. The summed E-state index contributed by atoms with van der Waals surface area (Å²) in [5, 5.41) is 0. The maximum atomic E-state index is 5.81. The molecule has 0 atom stereocenters. The minimum Gasteiger partial charge on any atom is -0.497 e. The smallest absolute Gasteiger partial charge is 0.119 e. The zero-order chi connectivity index (χ0) is 16.1. The second-order valence-corrected chi connectivity index (χ2v) is 5.28. The molecule has 3 aromatic carbocycles. The predicted molar refractivity (Wildman–Crippen MR) is 93.6 cm³/mol. The van der Waals surface area contributed by atoms with Gasteiger partial charge >= 0.3 is 0 Å². The molecular formula is C20H19NO2. The normalized spacial score (nSPS) is 10.3. The Hall–Kier alpha value is -2.94. The molecule has 0 radical (unpaired) electrons. The highest BCUT2D eigenvalue weighted by Crippen LogP contribution is 2.24. The van der Waals surface area contributed by atoms with Crippen molar-refractivity contribution in [1.29, 1.82) is 0 Å². The molecular weight excluding hydrogens is 286 g/mol. The maximum Gasteiger partial charge on any atom is 0.119 e. The topological polar surface area (TPSA) is 44.5 Å². The van der Waals surface area contributed by atoms with Crippen LogP contribution in [0.4, 0.5) is 5.69 Å². The Morgan fingerprint density at radius 2 is 1.22 bits per heavy atom. The SMILES string of the molecule is COc1ccc(COc2ccc(-c3ccc(N)cc3)cc2)cc1. The Bertz CT molecular complexity index is 747. The third-order valence-corrected chi connectivity index (χ3v) is 3.66. The number of hydrogen-bond acceptors (Lipinski definition) is 3. The summed E-state index contributed by atoms with van der Waals surface area (Å²) < 4.78 is 11.0. The molecule has 3 aromatic rings. The van der Waals surface area contributed by atoms with Gasteiger partial charge in [-0.2, -0.15) is 0 Å². The largest absolute Gasteiger partial charge is 0.497 e. The number of rotatable bonds is 5. The highest BCUT2D eigenvalue weighted by Gasteiger charge is 2.00. The van der Waals surface area contributed by atoms with E-state index in [-0.39, 0.29) is 0 Å². The van der Waals surface area contributed by atoms with Crippen LogP contribution in [-0.2, 0) is 6.61 Å². The predicted octanol–water partition coefficient (Wildman–Crippen LogP) is 4.52. The summed E-state index contributed by atoms with van der Waals surface area (Å²) in [7, 11) is 1.66. The average molecular weight is 305 g/mol. The number of anilines is 1. The Morgan fingerprint density at radius 3 is 1.78 bits per heavy atom. The molecule has 0 fully saturated rings. The number of benzene rings is 3. The van der Waals surface area contributed by atoms with Gasteiger partial charge in [-0.3, -0.25) is 0 Å². The van der Waals surface area contributed by atoms with Gasteiger partial charge in [0.2, 0.25) is 0 Å². The fourth-order valence-corrected chi connectivity index (χ4v) is 2.31. The second kappa shape index (κ2) is 6.88. The van der Waals surface area contributed by atoms with E-state index in [1.54, 1.807) is 7.11 Å². The van der Waals surface area contributed by atoms with Gasteiger partial charge in [-0.15, -0.1) is 0 Å². The molecule has 116 valence electrons. The first-order valence-electron chi connectivity index (χ1n) is 7.46. The molecule has 3 nitrogen and oxygen atoms in total. The minimum atomic E-state index is 0.533. The molecule has 3 rings (SSSR count). The molecule has 0 aliphatic carbocycles. The van der Waals surface area contributed by atoms with Crippen LogP contribution in [0.1, 0.15) is 5.56 Å². The van der Waals surface area contributed by atoms with Crippen molar-refractivity contribution >= 4 is 5.69 Å². The van der Waals surface area contributed by atoms with Gasteiger partial charge in [0.25, 0.3) is 0 Å². The molecule has 0 heterocycles. The van der Waals surface area contributed by atoms with Crippen LogP contribution in [0, 0.1) is 0 Å². The summed E-state index contributed by atoms with van der Waals surface area (Å²) in [4.78, 5) is 0. The lowest BCUT2D eigenvalue weighted by Crippen LogP contribution is -1.95. The van der Waals surface area contributed by atoms with Gasteiger partial charge in [0, 0.05) is 5.69 Å². The lowest BCUT2D eigenvalue weighted by molar-refractivity contribution is 0.306. The molecule has 0 aliphatic rings. The molecule has 23 heavy (non-hydrogen) atoms. The van der Waals surface area contributed by atoms with E-state index >= 15 is 0 Å². The molecule has 0 aromatic heterocycles. The van der Waals surface area contributed by atoms with Gasteiger partial charge in [-0.25, -0.2) is 0 Å². The Labute approximate surface area is 136 Å². The van der Waals surface area contributed by atoms with E-state index in [4.69, 9.17) is 15.2 Å². The van der Waals surface area contributed by atoms with Crippen LogP contribution in [0.15, 0.2) is 72.8 Å². The maximum absolute atomic E-state index is 5.81. The first-order valence-corrected chi connectivity index (χ1v) is 7.46. The highest BCUT2D eigenvalue weighted by molar-refractivity contribution is 5.66. The van der Waals surface area contributed by atoms with Crippen LogP contribution in [0.5, 0.6) is 11.5 Å². The Balaban J connectivity index is 1.64. The van der Waals surface area contributed by atoms with Crippen molar-refractivity contribution < 1.29 is 9.47 Å². The van der Waals surface area contributed by atoms with Gasteiger partial charge < -0.3 is 15.2 Å². The highest BCUT2D eigenvalue weighted by atomic mass is 16.5. The summed E-state index contributed by atoms with van der Waals surface area (Å²) in [5.74, 6) is 1.70. The second-order valence-electron chi connectivity index (χ2n) is 5.28. The molecule has 0 saturated carbocycles. The standard InChI is InChI=1S/C20H19NO2/c1-22-19-10-2-15(3-11-19)14-23-20-12-6-17(7-13-20)16-4-8-18(21)9-5-16/h2-13H,14,21H2,1H3. The van der Waals surface area contributed by atoms with Crippen molar-refractivity contribution in [1.82, 2.24) is 0 Å². The monoisotopic (exact) mass is 305 g/mol. The lowest BCUT2D eigenvalue weighted by Gasteiger charge is -2.08. The summed E-state index contributed by atoms with van der Waals surface area (Å²) in [5.41, 5.74) is 9.87. The number of hydrogen-bond donors (Lipinski definition) is 1. The van der Waals surface area contributed by atoms with Gasteiger partial charge in [0.15, 0.2) is 0 Å². The van der Waals surface area contributed by atoms with E-state index in [1.807, 2.05) is 60.7 Å². The van der Waals surface area contributed by atoms with E-state index in [2.05, 4.69) is 12.1 Å². The summed E-state index contributed by atoms with van der Waals surface area (Å²) in [6.07, 6.45) is 0. The molecule has 0 unspecified atom stereocenters. The van der Waals surface area contributed by atoms with Gasteiger partial charge in [-0.05, 0) is 53.1 Å².